The molecule has 4 heteroatoms. The Morgan fingerprint density at radius 3 is 2.48 bits per heavy atom. The van der Waals surface area contributed by atoms with Gasteiger partial charge in [0.2, 0.25) is 5.91 Å². The van der Waals surface area contributed by atoms with Crippen LogP contribution in [0.15, 0.2) is 42.5 Å². The van der Waals surface area contributed by atoms with Crippen LogP contribution in [-0.2, 0) is 24.2 Å². The molecule has 1 amide bonds. The summed E-state index contributed by atoms with van der Waals surface area (Å²) < 4.78 is 0. The molecule has 5 rings (SSSR count). The summed E-state index contributed by atoms with van der Waals surface area (Å²) in [6.07, 6.45) is 6.18. The summed E-state index contributed by atoms with van der Waals surface area (Å²) in [5.74, 6) is 0.310. The molecule has 0 atom stereocenters. The van der Waals surface area contributed by atoms with Gasteiger partial charge in [0.25, 0.3) is 0 Å². The molecule has 31 heavy (non-hydrogen) atoms. The van der Waals surface area contributed by atoms with Gasteiger partial charge < -0.3 is 4.90 Å². The van der Waals surface area contributed by atoms with E-state index in [1.807, 2.05) is 0 Å². The summed E-state index contributed by atoms with van der Waals surface area (Å²) in [6.45, 7) is 8.54. The molecular formula is C27H35N3O. The smallest absolute Gasteiger partial charge is 0.236 e. The van der Waals surface area contributed by atoms with Crippen LogP contribution in [0.3, 0.4) is 0 Å². The Hall–Kier alpha value is -2.17. The molecule has 0 aromatic heterocycles. The van der Waals surface area contributed by atoms with Gasteiger partial charge in [-0.15, -0.1) is 0 Å². The molecule has 0 unspecified atom stereocenters. The summed E-state index contributed by atoms with van der Waals surface area (Å²) in [5.41, 5.74) is 6.82. The zero-order valence-electron chi connectivity index (χ0n) is 18.9. The van der Waals surface area contributed by atoms with Crippen molar-refractivity contribution in [2.24, 2.45) is 0 Å². The number of hydrogen-bond donors (Lipinski definition) is 0. The fourth-order valence-electron chi connectivity index (χ4n) is 5.28. The summed E-state index contributed by atoms with van der Waals surface area (Å²) in [4.78, 5) is 19.9. The molecule has 2 fully saturated rings. The molecule has 0 spiro atoms. The van der Waals surface area contributed by atoms with Crippen LogP contribution in [0.25, 0.3) is 11.1 Å². The average molecular weight is 418 g/mol. The number of nitrogens with zero attached hydrogens (tertiary/aromatic N) is 3. The second kappa shape index (κ2) is 9.13. The Kier molecular flexibility index (Phi) is 6.10. The van der Waals surface area contributed by atoms with E-state index in [1.165, 1.54) is 47.1 Å². The van der Waals surface area contributed by atoms with Gasteiger partial charge in [-0.25, -0.2) is 0 Å². The molecule has 1 aliphatic carbocycles. The fourth-order valence-corrected chi connectivity index (χ4v) is 5.28. The van der Waals surface area contributed by atoms with Gasteiger partial charge in [0, 0.05) is 45.3 Å². The monoisotopic (exact) mass is 417 g/mol. The van der Waals surface area contributed by atoms with Crippen molar-refractivity contribution < 1.29 is 4.79 Å². The number of rotatable bonds is 5. The molecule has 164 valence electrons. The van der Waals surface area contributed by atoms with Gasteiger partial charge in [-0.1, -0.05) is 55.8 Å². The predicted molar refractivity (Wildman–Crippen MR) is 126 cm³/mol. The summed E-state index contributed by atoms with van der Waals surface area (Å²) >= 11 is 0. The minimum atomic E-state index is 0.310. The van der Waals surface area contributed by atoms with E-state index in [0.29, 0.717) is 12.5 Å². The number of benzene rings is 2. The molecule has 0 radical (unpaired) electrons. The van der Waals surface area contributed by atoms with Crippen molar-refractivity contribution >= 4 is 5.91 Å². The van der Waals surface area contributed by atoms with Gasteiger partial charge in [0.05, 0.1) is 6.54 Å². The fraction of sp³-hybridized carbons (Fsp3) is 0.519. The summed E-state index contributed by atoms with van der Waals surface area (Å²) in [7, 11) is 0. The van der Waals surface area contributed by atoms with Crippen molar-refractivity contribution in [3.63, 3.8) is 0 Å². The lowest BCUT2D eigenvalue weighted by atomic mass is 9.91. The van der Waals surface area contributed by atoms with E-state index >= 15 is 0 Å². The number of carbonyl (C=O) groups is 1. The van der Waals surface area contributed by atoms with Crippen molar-refractivity contribution in [2.45, 2.75) is 51.6 Å². The number of carbonyl (C=O) groups excluding carboxylic acids is 1. The van der Waals surface area contributed by atoms with Crippen molar-refractivity contribution in [1.29, 1.82) is 0 Å². The van der Waals surface area contributed by atoms with Gasteiger partial charge >= 0.3 is 0 Å². The molecule has 2 heterocycles. The van der Waals surface area contributed by atoms with Crippen LogP contribution >= 0.6 is 0 Å². The van der Waals surface area contributed by atoms with E-state index in [9.17, 15) is 4.79 Å². The Morgan fingerprint density at radius 1 is 0.935 bits per heavy atom. The van der Waals surface area contributed by atoms with Crippen molar-refractivity contribution in [2.75, 3.05) is 39.3 Å². The summed E-state index contributed by atoms with van der Waals surface area (Å²) in [5, 5.41) is 0. The van der Waals surface area contributed by atoms with Crippen LogP contribution in [0.5, 0.6) is 0 Å². The lowest BCUT2D eigenvalue weighted by molar-refractivity contribution is -0.135. The molecular weight excluding hydrogens is 382 g/mol. The first-order chi connectivity index (χ1) is 15.2. The predicted octanol–water partition coefficient (Wildman–Crippen LogP) is 3.97. The van der Waals surface area contributed by atoms with Gasteiger partial charge in [0.15, 0.2) is 0 Å². The first kappa shape index (κ1) is 20.7. The third-order valence-electron chi connectivity index (χ3n) is 7.58. The van der Waals surface area contributed by atoms with E-state index in [0.717, 1.165) is 58.2 Å². The van der Waals surface area contributed by atoms with Gasteiger partial charge in [0.1, 0.15) is 0 Å². The Bertz CT molecular complexity index is 928. The SMILES string of the molecule is CCc1cccc(-c2ccc3c(c2)CCN(CC(=O)N2CCN(C4CCC4)CC2)C3)c1. The highest BCUT2D eigenvalue weighted by Crippen LogP contribution is 2.28. The van der Waals surface area contributed by atoms with Gasteiger partial charge in [-0.05, 0) is 53.5 Å². The lowest BCUT2D eigenvalue weighted by Gasteiger charge is -2.43. The molecule has 0 N–H and O–H groups in total. The minimum absolute atomic E-state index is 0.310. The normalized spacial score (nSPS) is 20.4. The number of piperazine rings is 1. The van der Waals surface area contributed by atoms with Crippen LogP contribution in [0.4, 0.5) is 0 Å². The maximum Gasteiger partial charge on any atom is 0.236 e. The highest BCUT2D eigenvalue weighted by Gasteiger charge is 2.30. The van der Waals surface area contributed by atoms with Crippen LogP contribution in [-0.4, -0.2) is 65.9 Å². The van der Waals surface area contributed by atoms with E-state index in [-0.39, 0.29) is 0 Å². The zero-order chi connectivity index (χ0) is 21.2. The average Bonchev–Trinajstić information content (AvgIpc) is 2.78. The van der Waals surface area contributed by atoms with Crippen molar-refractivity contribution in [3.8, 4) is 11.1 Å². The first-order valence-electron chi connectivity index (χ1n) is 12.1. The van der Waals surface area contributed by atoms with Gasteiger partial charge in [-0.3, -0.25) is 14.6 Å². The van der Waals surface area contributed by atoms with E-state index in [4.69, 9.17) is 0 Å². The Balaban J connectivity index is 1.17. The maximum absolute atomic E-state index is 12.9. The quantitative estimate of drug-likeness (QED) is 0.737. The molecule has 1 saturated heterocycles. The molecule has 1 saturated carbocycles. The Morgan fingerprint density at radius 2 is 1.74 bits per heavy atom. The third-order valence-corrected chi connectivity index (χ3v) is 7.58. The first-order valence-corrected chi connectivity index (χ1v) is 12.1. The van der Waals surface area contributed by atoms with E-state index < -0.39 is 0 Å². The topological polar surface area (TPSA) is 26.8 Å². The standard InChI is InChI=1S/C27H35N3O/c1-2-21-5-3-6-22(17-21)23-9-10-25-19-28(12-11-24(25)18-23)20-27(31)30-15-13-29(14-16-30)26-7-4-8-26/h3,5-6,9-10,17-18,26H,2,4,7-8,11-16,19-20H2,1H3. The lowest BCUT2D eigenvalue weighted by Crippen LogP contribution is -2.55. The molecule has 0 bridgehead atoms. The number of aryl methyl sites for hydroxylation is 1. The third kappa shape index (κ3) is 4.56. The maximum atomic E-state index is 12.9. The molecule has 3 aliphatic rings. The van der Waals surface area contributed by atoms with Crippen LogP contribution in [0.2, 0.25) is 0 Å². The molecule has 2 aliphatic heterocycles. The van der Waals surface area contributed by atoms with E-state index in [1.54, 1.807) is 0 Å². The van der Waals surface area contributed by atoms with Crippen LogP contribution < -0.4 is 0 Å². The van der Waals surface area contributed by atoms with Crippen molar-refractivity contribution in [1.82, 2.24) is 14.7 Å². The second-order valence-electron chi connectivity index (χ2n) is 9.50. The van der Waals surface area contributed by atoms with Crippen molar-refractivity contribution in [3.05, 3.63) is 59.2 Å². The summed E-state index contributed by atoms with van der Waals surface area (Å²) in [6, 6.07) is 16.6. The van der Waals surface area contributed by atoms with E-state index in [2.05, 4.69) is 64.1 Å². The van der Waals surface area contributed by atoms with Crippen LogP contribution in [0, 0.1) is 0 Å². The number of fused-ring (bicyclic) bond motifs is 1. The second-order valence-corrected chi connectivity index (χ2v) is 9.50. The Labute approximate surface area is 186 Å². The van der Waals surface area contributed by atoms with Crippen LogP contribution in [0.1, 0.15) is 42.9 Å². The molecule has 2 aromatic carbocycles. The molecule has 2 aromatic rings. The minimum Gasteiger partial charge on any atom is -0.339 e. The number of hydrogen-bond acceptors (Lipinski definition) is 3. The highest BCUT2D eigenvalue weighted by atomic mass is 16.2. The van der Waals surface area contributed by atoms with Gasteiger partial charge in [-0.2, -0.15) is 0 Å². The zero-order valence-corrected chi connectivity index (χ0v) is 18.9. The molecule has 4 nitrogen and oxygen atoms in total. The number of amides is 1. The highest BCUT2D eigenvalue weighted by molar-refractivity contribution is 5.78. The largest absolute Gasteiger partial charge is 0.339 e.